The summed E-state index contributed by atoms with van der Waals surface area (Å²) in [4.78, 5) is 0. The largest absolute Gasteiger partial charge is 0.486 e. The summed E-state index contributed by atoms with van der Waals surface area (Å²) in [5.41, 5.74) is 0. The number of hydrogen-bond donors (Lipinski definition) is 1. The average Bonchev–Trinajstić information content (AvgIpc) is 2.47. The Bertz CT molecular complexity index is 212. The van der Waals surface area contributed by atoms with Crippen LogP contribution in [0.25, 0.3) is 0 Å². The molecule has 0 bridgehead atoms. The van der Waals surface area contributed by atoms with Crippen molar-refractivity contribution in [2.75, 3.05) is 26.3 Å². The molecule has 0 radical (unpaired) electrons. The molecule has 0 saturated carbocycles. The number of rotatable bonds is 2. The molecule has 3 nitrogen and oxygen atoms in total. The van der Waals surface area contributed by atoms with E-state index in [0.29, 0.717) is 13.2 Å². The number of ether oxygens (including phenoxy) is 3. The second-order valence-electron chi connectivity index (χ2n) is 2.62. The number of fused-ring (bicyclic) bond motifs is 1. The number of thiol groups is 1. The number of hydrogen-bond acceptors (Lipinski definition) is 3. The molecule has 68 valence electrons. The molecule has 0 atom stereocenters. The summed E-state index contributed by atoms with van der Waals surface area (Å²) in [5.74, 6) is 2.57. The lowest BCUT2D eigenvalue weighted by atomic mass is 10.4. The van der Waals surface area contributed by atoms with Gasteiger partial charge >= 0.3 is 0 Å². The topological polar surface area (TPSA) is 27.7 Å². The maximum Gasteiger partial charge on any atom is 0.166 e. The molecule has 2 aliphatic heterocycles. The molecule has 0 spiro atoms. The normalized spacial score (nSPS) is 23.6. The van der Waals surface area contributed by atoms with Gasteiger partial charge in [-0.3, -0.25) is 0 Å². The van der Waals surface area contributed by atoms with Gasteiger partial charge in [0.25, 0.3) is 0 Å². The molecule has 0 amide bonds. The van der Waals surface area contributed by atoms with Crippen LogP contribution in [-0.2, 0) is 14.2 Å². The quantitative estimate of drug-likeness (QED) is 0.663. The Morgan fingerprint density at radius 1 is 1.33 bits per heavy atom. The Balaban J connectivity index is 2.06. The summed E-state index contributed by atoms with van der Waals surface area (Å²) in [6, 6.07) is 0. The van der Waals surface area contributed by atoms with Gasteiger partial charge in [-0.25, -0.2) is 0 Å². The fourth-order valence-electron chi connectivity index (χ4n) is 1.21. The van der Waals surface area contributed by atoms with Crippen LogP contribution < -0.4 is 0 Å². The van der Waals surface area contributed by atoms with Crippen LogP contribution in [0.3, 0.4) is 0 Å². The van der Waals surface area contributed by atoms with E-state index < -0.39 is 0 Å². The smallest absolute Gasteiger partial charge is 0.166 e. The summed E-state index contributed by atoms with van der Waals surface area (Å²) in [6.45, 7) is 1.33. The molecule has 1 saturated heterocycles. The van der Waals surface area contributed by atoms with Gasteiger partial charge < -0.3 is 14.2 Å². The van der Waals surface area contributed by atoms with Gasteiger partial charge in [0.2, 0.25) is 0 Å². The Hall–Kier alpha value is -0.610. The fourth-order valence-corrected chi connectivity index (χ4v) is 2.74. The zero-order valence-corrected chi connectivity index (χ0v) is 7.84. The van der Waals surface area contributed by atoms with E-state index in [0.717, 1.165) is 17.5 Å². The molecule has 0 unspecified atom stereocenters. The van der Waals surface area contributed by atoms with Gasteiger partial charge in [0.1, 0.15) is 13.2 Å². The molecule has 0 aromatic carbocycles. The Kier molecular flexibility index (Phi) is 2.28. The minimum atomic E-state index is -0.292. The summed E-state index contributed by atoms with van der Waals surface area (Å²) < 4.78 is 15.9. The van der Waals surface area contributed by atoms with Gasteiger partial charge in [0.15, 0.2) is 11.5 Å². The van der Waals surface area contributed by atoms with Gasteiger partial charge in [0, 0.05) is 17.9 Å². The lowest BCUT2D eigenvalue weighted by Crippen LogP contribution is -2.11. The van der Waals surface area contributed by atoms with Gasteiger partial charge in [-0.2, -0.15) is 10.9 Å². The first-order valence-corrected chi connectivity index (χ1v) is 5.51. The van der Waals surface area contributed by atoms with Crippen molar-refractivity contribution in [2.45, 2.75) is 0 Å². The maximum absolute atomic E-state index is 5.41. The molecule has 0 aromatic rings. The van der Waals surface area contributed by atoms with Crippen LogP contribution in [0.2, 0.25) is 0 Å². The van der Waals surface area contributed by atoms with E-state index in [2.05, 4.69) is 10.8 Å². The molecular formula is C8H12O3S. The predicted molar refractivity (Wildman–Crippen MR) is 48.9 cm³/mol. The monoisotopic (exact) mass is 188 g/mol. The highest BCUT2D eigenvalue weighted by Gasteiger charge is 2.21. The molecule has 2 aliphatic rings. The SMILES string of the molecule is COC[SH]1C=C2OCCOC2=C1. The van der Waals surface area contributed by atoms with Gasteiger partial charge in [-0.05, 0) is 0 Å². The first-order valence-electron chi connectivity index (χ1n) is 3.84. The highest BCUT2D eigenvalue weighted by Crippen LogP contribution is 2.41. The Morgan fingerprint density at radius 3 is 2.42 bits per heavy atom. The van der Waals surface area contributed by atoms with E-state index in [1.165, 1.54) is 0 Å². The maximum atomic E-state index is 5.41. The van der Waals surface area contributed by atoms with Crippen molar-refractivity contribution in [1.29, 1.82) is 0 Å². The standard InChI is InChI=1S/C8H12O3S/c1-9-6-12-4-7-8(5-12)11-3-2-10-7/h4-5,12H,2-3,6H2,1H3. The minimum absolute atomic E-state index is 0.292. The van der Waals surface area contributed by atoms with E-state index in [1.54, 1.807) is 7.11 Å². The second-order valence-corrected chi connectivity index (χ2v) is 4.42. The van der Waals surface area contributed by atoms with Gasteiger partial charge in [-0.15, -0.1) is 0 Å². The molecule has 2 heterocycles. The lowest BCUT2D eigenvalue weighted by molar-refractivity contribution is 0.0614. The lowest BCUT2D eigenvalue weighted by Gasteiger charge is -2.17. The average molecular weight is 188 g/mol. The number of methoxy groups -OCH3 is 1. The second kappa shape index (κ2) is 3.41. The summed E-state index contributed by atoms with van der Waals surface area (Å²) >= 11 is 0. The molecule has 0 aliphatic carbocycles. The predicted octanol–water partition coefficient (Wildman–Crippen LogP) is 1.33. The van der Waals surface area contributed by atoms with Crippen molar-refractivity contribution in [2.24, 2.45) is 0 Å². The van der Waals surface area contributed by atoms with Gasteiger partial charge in [-0.1, -0.05) is 0 Å². The van der Waals surface area contributed by atoms with Crippen molar-refractivity contribution >= 4 is 10.9 Å². The third-order valence-corrected chi connectivity index (χ3v) is 3.37. The Labute approximate surface area is 74.3 Å². The molecule has 1 fully saturated rings. The summed E-state index contributed by atoms with van der Waals surface area (Å²) in [7, 11) is 1.42. The minimum Gasteiger partial charge on any atom is -0.486 e. The van der Waals surface area contributed by atoms with Crippen molar-refractivity contribution in [3.8, 4) is 0 Å². The first kappa shape index (κ1) is 8.01. The third-order valence-electron chi connectivity index (χ3n) is 1.69. The van der Waals surface area contributed by atoms with Crippen LogP contribution in [0.5, 0.6) is 0 Å². The van der Waals surface area contributed by atoms with E-state index in [4.69, 9.17) is 14.2 Å². The Morgan fingerprint density at radius 2 is 1.92 bits per heavy atom. The van der Waals surface area contributed by atoms with Gasteiger partial charge in [0.05, 0.1) is 5.94 Å². The van der Waals surface area contributed by atoms with Crippen LogP contribution in [0.1, 0.15) is 0 Å². The van der Waals surface area contributed by atoms with Crippen molar-refractivity contribution in [3.63, 3.8) is 0 Å². The highest BCUT2D eigenvalue weighted by molar-refractivity contribution is 8.22. The highest BCUT2D eigenvalue weighted by atomic mass is 32.2. The van der Waals surface area contributed by atoms with Crippen LogP contribution in [0.15, 0.2) is 22.3 Å². The first-order chi connectivity index (χ1) is 5.90. The molecule has 0 aromatic heterocycles. The fraction of sp³-hybridized carbons (Fsp3) is 0.500. The van der Waals surface area contributed by atoms with Crippen molar-refractivity contribution in [1.82, 2.24) is 0 Å². The molecule has 4 heteroatoms. The van der Waals surface area contributed by atoms with Crippen molar-refractivity contribution in [3.05, 3.63) is 22.3 Å². The van der Waals surface area contributed by atoms with E-state index in [1.807, 2.05) is 0 Å². The zero-order valence-electron chi connectivity index (χ0n) is 6.95. The van der Waals surface area contributed by atoms with E-state index in [-0.39, 0.29) is 10.9 Å². The van der Waals surface area contributed by atoms with Crippen LogP contribution in [-0.4, -0.2) is 26.3 Å². The molecule has 0 N–H and O–H groups in total. The van der Waals surface area contributed by atoms with Crippen LogP contribution >= 0.6 is 10.9 Å². The summed E-state index contributed by atoms with van der Waals surface area (Å²) in [5, 5.41) is 4.21. The van der Waals surface area contributed by atoms with Crippen molar-refractivity contribution < 1.29 is 14.2 Å². The third kappa shape index (κ3) is 1.44. The van der Waals surface area contributed by atoms with E-state index >= 15 is 0 Å². The van der Waals surface area contributed by atoms with Crippen LogP contribution in [0, 0.1) is 0 Å². The zero-order chi connectivity index (χ0) is 8.39. The van der Waals surface area contributed by atoms with Crippen LogP contribution in [0.4, 0.5) is 0 Å². The molecule has 2 rings (SSSR count). The molecular weight excluding hydrogens is 176 g/mol. The van der Waals surface area contributed by atoms with E-state index in [9.17, 15) is 0 Å². The molecule has 12 heavy (non-hydrogen) atoms. The summed E-state index contributed by atoms with van der Waals surface area (Å²) in [6.07, 6.45) is 0.